The molecule has 1 aliphatic rings. The molecule has 0 saturated heterocycles. The highest BCUT2D eigenvalue weighted by Gasteiger charge is 2.29. The first-order chi connectivity index (χ1) is 7.74. The Morgan fingerprint density at radius 3 is 2.62 bits per heavy atom. The largest absolute Gasteiger partial charge is 0.471 e. The maximum Gasteiger partial charge on any atom is 0.181 e. The summed E-state index contributed by atoms with van der Waals surface area (Å²) in [7, 11) is 0. The number of aliphatic hydroxyl groups excluding tert-OH is 1. The summed E-state index contributed by atoms with van der Waals surface area (Å²) in [6.45, 7) is 1.84. The predicted octanol–water partition coefficient (Wildman–Crippen LogP) is 2.26. The maximum absolute atomic E-state index is 9.23. The average molecular weight is 237 g/mol. The van der Waals surface area contributed by atoms with Crippen molar-refractivity contribution in [3.63, 3.8) is 0 Å². The van der Waals surface area contributed by atoms with Gasteiger partial charge in [-0.3, -0.25) is 0 Å². The number of hydrogen-bond donors (Lipinski definition) is 1. The number of thioether (sulfide) groups is 1. The normalized spacial score (nSPS) is 24.1. The zero-order chi connectivity index (χ0) is 11.5. The molecule has 1 aromatic carbocycles. The molecule has 2 atom stereocenters. The van der Waals surface area contributed by atoms with Crippen molar-refractivity contribution < 1.29 is 9.84 Å². The van der Waals surface area contributed by atoms with Crippen LogP contribution < -0.4 is 0 Å². The van der Waals surface area contributed by atoms with Gasteiger partial charge in [0.15, 0.2) is 5.90 Å². The lowest BCUT2D eigenvalue weighted by Gasteiger charge is -2.16. The van der Waals surface area contributed by atoms with Gasteiger partial charge in [0.25, 0.3) is 0 Å². The summed E-state index contributed by atoms with van der Waals surface area (Å²) in [6, 6.07) is 8.03. The molecule has 0 aromatic heterocycles. The molecule has 0 aliphatic carbocycles. The van der Waals surface area contributed by atoms with Crippen molar-refractivity contribution in [2.24, 2.45) is 4.99 Å². The fourth-order valence-electron chi connectivity index (χ4n) is 1.81. The molecule has 0 saturated carbocycles. The van der Waals surface area contributed by atoms with Crippen LogP contribution in [0.1, 0.15) is 18.6 Å². The molecule has 1 heterocycles. The first-order valence-corrected chi connectivity index (χ1v) is 6.43. The standard InChI is InChI=1S/C12H15NO2S/c1-8-13-11(7-14)12(15-8)9-3-5-10(16-2)6-4-9/h3-6,11-12,14H,7H2,1-2H3/t11-,12-/m0/s1. The van der Waals surface area contributed by atoms with Crippen LogP contribution in [0.2, 0.25) is 0 Å². The molecule has 4 heteroatoms. The molecule has 0 fully saturated rings. The minimum Gasteiger partial charge on any atom is -0.471 e. The maximum atomic E-state index is 9.23. The molecule has 1 aromatic rings. The van der Waals surface area contributed by atoms with Gasteiger partial charge >= 0.3 is 0 Å². The predicted molar refractivity (Wildman–Crippen MR) is 66.0 cm³/mol. The highest BCUT2D eigenvalue weighted by Crippen LogP contribution is 2.29. The summed E-state index contributed by atoms with van der Waals surface area (Å²) >= 11 is 1.71. The molecule has 1 aliphatic heterocycles. The third-order valence-electron chi connectivity index (χ3n) is 2.63. The van der Waals surface area contributed by atoms with Gasteiger partial charge in [0.1, 0.15) is 12.1 Å². The van der Waals surface area contributed by atoms with Gasteiger partial charge in [0.05, 0.1) is 6.61 Å². The van der Waals surface area contributed by atoms with E-state index in [-0.39, 0.29) is 18.8 Å². The SMILES string of the molecule is CSc1ccc([C@@H]2OC(C)=N[C@H]2CO)cc1. The molecule has 0 spiro atoms. The van der Waals surface area contributed by atoms with E-state index in [9.17, 15) is 5.11 Å². The minimum atomic E-state index is -0.167. The third kappa shape index (κ3) is 2.23. The average Bonchev–Trinajstić information content (AvgIpc) is 2.70. The van der Waals surface area contributed by atoms with Crippen LogP contribution in [-0.4, -0.2) is 29.9 Å². The van der Waals surface area contributed by atoms with E-state index >= 15 is 0 Å². The van der Waals surface area contributed by atoms with Gasteiger partial charge in [-0.25, -0.2) is 4.99 Å². The topological polar surface area (TPSA) is 41.8 Å². The van der Waals surface area contributed by atoms with Crippen LogP contribution >= 0.6 is 11.8 Å². The molecule has 2 rings (SSSR count). The van der Waals surface area contributed by atoms with Gasteiger partial charge in [0.2, 0.25) is 0 Å². The quantitative estimate of drug-likeness (QED) is 0.820. The molecular weight excluding hydrogens is 222 g/mol. The molecule has 0 unspecified atom stereocenters. The van der Waals surface area contributed by atoms with Crippen molar-refractivity contribution >= 4 is 17.7 Å². The van der Waals surface area contributed by atoms with Crippen molar-refractivity contribution in [3.8, 4) is 0 Å². The van der Waals surface area contributed by atoms with Crippen molar-refractivity contribution in [2.75, 3.05) is 12.9 Å². The summed E-state index contributed by atoms with van der Waals surface area (Å²) in [5.41, 5.74) is 1.07. The van der Waals surface area contributed by atoms with E-state index in [0.29, 0.717) is 5.90 Å². The summed E-state index contributed by atoms with van der Waals surface area (Å²) in [6.07, 6.45) is 1.91. The first-order valence-electron chi connectivity index (χ1n) is 5.20. The van der Waals surface area contributed by atoms with E-state index < -0.39 is 0 Å². The molecule has 0 radical (unpaired) electrons. The third-order valence-corrected chi connectivity index (χ3v) is 3.37. The number of nitrogens with zero attached hydrogens (tertiary/aromatic N) is 1. The number of hydrogen-bond acceptors (Lipinski definition) is 4. The van der Waals surface area contributed by atoms with Gasteiger partial charge in [-0.15, -0.1) is 11.8 Å². The lowest BCUT2D eigenvalue weighted by molar-refractivity contribution is 0.150. The smallest absolute Gasteiger partial charge is 0.181 e. The second kappa shape index (κ2) is 4.89. The number of rotatable bonds is 3. The van der Waals surface area contributed by atoms with E-state index in [0.717, 1.165) is 5.56 Å². The monoisotopic (exact) mass is 237 g/mol. The van der Waals surface area contributed by atoms with E-state index in [4.69, 9.17) is 4.74 Å². The van der Waals surface area contributed by atoms with Crippen molar-refractivity contribution in [3.05, 3.63) is 29.8 Å². The Bertz CT molecular complexity index is 389. The van der Waals surface area contributed by atoms with E-state index in [2.05, 4.69) is 17.1 Å². The first kappa shape index (κ1) is 11.5. The molecule has 0 amide bonds. The number of ether oxygens (including phenoxy) is 1. The number of benzene rings is 1. The highest BCUT2D eigenvalue weighted by molar-refractivity contribution is 7.98. The molecule has 86 valence electrons. The lowest BCUT2D eigenvalue weighted by Crippen LogP contribution is -2.17. The Balaban J connectivity index is 2.18. The van der Waals surface area contributed by atoms with Gasteiger partial charge in [-0.2, -0.15) is 0 Å². The summed E-state index contributed by atoms with van der Waals surface area (Å²) in [4.78, 5) is 5.47. The van der Waals surface area contributed by atoms with E-state index in [1.165, 1.54) is 4.90 Å². The minimum absolute atomic E-state index is 0.0201. The van der Waals surface area contributed by atoms with Gasteiger partial charge < -0.3 is 9.84 Å². The highest BCUT2D eigenvalue weighted by atomic mass is 32.2. The van der Waals surface area contributed by atoms with E-state index in [1.54, 1.807) is 11.8 Å². The van der Waals surface area contributed by atoms with Crippen LogP contribution in [-0.2, 0) is 4.74 Å². The van der Waals surface area contributed by atoms with Crippen LogP contribution in [0.3, 0.4) is 0 Å². The lowest BCUT2D eigenvalue weighted by atomic mass is 10.0. The van der Waals surface area contributed by atoms with Crippen LogP contribution in [0.4, 0.5) is 0 Å². The summed E-state index contributed by atoms with van der Waals surface area (Å²) in [5, 5.41) is 9.23. The van der Waals surface area contributed by atoms with Crippen LogP contribution in [0.25, 0.3) is 0 Å². The Morgan fingerprint density at radius 2 is 2.06 bits per heavy atom. The molecule has 16 heavy (non-hydrogen) atoms. The van der Waals surface area contributed by atoms with Gasteiger partial charge in [-0.05, 0) is 24.0 Å². The van der Waals surface area contributed by atoms with Gasteiger partial charge in [-0.1, -0.05) is 12.1 Å². The fraction of sp³-hybridized carbons (Fsp3) is 0.417. The number of aliphatic imine (C=N–C) groups is 1. The molecular formula is C12H15NO2S. The second-order valence-electron chi connectivity index (χ2n) is 3.71. The Kier molecular flexibility index (Phi) is 3.51. The Labute approximate surface area is 99.5 Å². The van der Waals surface area contributed by atoms with Crippen molar-refractivity contribution in [1.82, 2.24) is 0 Å². The summed E-state index contributed by atoms with van der Waals surface area (Å²) in [5.74, 6) is 0.651. The number of aliphatic hydroxyl groups is 1. The van der Waals surface area contributed by atoms with Crippen molar-refractivity contribution in [1.29, 1.82) is 0 Å². The van der Waals surface area contributed by atoms with E-state index in [1.807, 2.05) is 25.3 Å². The zero-order valence-corrected chi connectivity index (χ0v) is 10.2. The Morgan fingerprint density at radius 1 is 1.38 bits per heavy atom. The zero-order valence-electron chi connectivity index (χ0n) is 9.38. The van der Waals surface area contributed by atoms with Crippen LogP contribution in [0.5, 0.6) is 0 Å². The Hall–Kier alpha value is -1.00. The van der Waals surface area contributed by atoms with Gasteiger partial charge in [0, 0.05) is 11.8 Å². The second-order valence-corrected chi connectivity index (χ2v) is 4.59. The molecule has 3 nitrogen and oxygen atoms in total. The van der Waals surface area contributed by atoms with Crippen LogP contribution in [0.15, 0.2) is 34.2 Å². The van der Waals surface area contributed by atoms with Crippen LogP contribution in [0, 0.1) is 0 Å². The molecule has 1 N–H and O–H groups in total. The van der Waals surface area contributed by atoms with Crippen molar-refractivity contribution in [2.45, 2.75) is 24.0 Å². The fourth-order valence-corrected chi connectivity index (χ4v) is 2.22. The summed E-state index contributed by atoms with van der Waals surface area (Å²) < 4.78 is 5.61. The molecule has 0 bridgehead atoms.